The fourth-order valence-corrected chi connectivity index (χ4v) is 2.80. The summed E-state index contributed by atoms with van der Waals surface area (Å²) in [6.45, 7) is 6.49. The molecule has 1 aliphatic carbocycles. The summed E-state index contributed by atoms with van der Waals surface area (Å²) < 4.78 is 11.2. The average molecular weight is 281 g/mol. The largest absolute Gasteiger partial charge is 0.370 e. The van der Waals surface area contributed by atoms with E-state index in [4.69, 9.17) is 15.0 Å². The van der Waals surface area contributed by atoms with Crippen LogP contribution >= 0.6 is 0 Å². The fourth-order valence-electron chi connectivity index (χ4n) is 2.80. The quantitative estimate of drug-likeness (QED) is 0.897. The van der Waals surface area contributed by atoms with Crippen LogP contribution in [0.25, 0.3) is 0 Å². The molecule has 1 aromatic rings. The SMILES string of the molecule is CCC(C)C(N)c1nc(C2(OC)CCC(C)CC2)no1. The summed E-state index contributed by atoms with van der Waals surface area (Å²) in [5, 5.41) is 4.15. The molecule has 0 bridgehead atoms. The van der Waals surface area contributed by atoms with Crippen molar-refractivity contribution in [3.05, 3.63) is 11.7 Å². The first-order valence-corrected chi connectivity index (χ1v) is 7.67. The number of hydrogen-bond acceptors (Lipinski definition) is 5. The molecule has 2 unspecified atom stereocenters. The Kier molecular flexibility index (Phi) is 4.81. The lowest BCUT2D eigenvalue weighted by Gasteiger charge is -2.35. The van der Waals surface area contributed by atoms with E-state index in [1.54, 1.807) is 7.11 Å². The van der Waals surface area contributed by atoms with E-state index >= 15 is 0 Å². The highest BCUT2D eigenvalue weighted by molar-refractivity contribution is 5.05. The highest BCUT2D eigenvalue weighted by Crippen LogP contribution is 2.41. The van der Waals surface area contributed by atoms with Gasteiger partial charge in [-0.3, -0.25) is 0 Å². The van der Waals surface area contributed by atoms with Crippen molar-refractivity contribution < 1.29 is 9.26 Å². The monoisotopic (exact) mass is 281 g/mol. The number of aromatic nitrogens is 2. The molecule has 1 heterocycles. The number of methoxy groups -OCH3 is 1. The van der Waals surface area contributed by atoms with Gasteiger partial charge in [0.05, 0.1) is 6.04 Å². The number of rotatable bonds is 5. The Morgan fingerprint density at radius 3 is 2.65 bits per heavy atom. The molecule has 0 aliphatic heterocycles. The van der Waals surface area contributed by atoms with Crippen LogP contribution in [0.15, 0.2) is 4.52 Å². The molecule has 1 saturated carbocycles. The van der Waals surface area contributed by atoms with Gasteiger partial charge in [-0.1, -0.05) is 32.3 Å². The molecule has 0 radical (unpaired) electrons. The smallest absolute Gasteiger partial charge is 0.243 e. The molecule has 5 nitrogen and oxygen atoms in total. The summed E-state index contributed by atoms with van der Waals surface area (Å²) in [4.78, 5) is 4.54. The molecule has 20 heavy (non-hydrogen) atoms. The summed E-state index contributed by atoms with van der Waals surface area (Å²) >= 11 is 0. The second-order valence-electron chi connectivity index (χ2n) is 6.25. The lowest BCUT2D eigenvalue weighted by molar-refractivity contribution is -0.0609. The normalized spacial score (nSPS) is 30.1. The van der Waals surface area contributed by atoms with Crippen molar-refractivity contribution >= 4 is 0 Å². The fraction of sp³-hybridized carbons (Fsp3) is 0.867. The molecule has 0 saturated heterocycles. The van der Waals surface area contributed by atoms with Gasteiger partial charge in [0.15, 0.2) is 0 Å². The van der Waals surface area contributed by atoms with Crippen molar-refractivity contribution in [1.29, 1.82) is 0 Å². The Hall–Kier alpha value is -0.940. The highest BCUT2D eigenvalue weighted by Gasteiger charge is 2.40. The van der Waals surface area contributed by atoms with Crippen molar-refractivity contribution in [3.63, 3.8) is 0 Å². The van der Waals surface area contributed by atoms with Crippen LogP contribution in [-0.4, -0.2) is 17.3 Å². The Bertz CT molecular complexity index is 425. The molecule has 0 spiro atoms. The summed E-state index contributed by atoms with van der Waals surface area (Å²) in [6, 6.07) is -0.197. The Balaban J connectivity index is 2.18. The lowest BCUT2D eigenvalue weighted by Crippen LogP contribution is -2.34. The molecular formula is C15H27N3O2. The first-order chi connectivity index (χ1) is 9.52. The van der Waals surface area contributed by atoms with E-state index in [-0.39, 0.29) is 11.6 Å². The van der Waals surface area contributed by atoms with Crippen LogP contribution in [0, 0.1) is 11.8 Å². The van der Waals surface area contributed by atoms with Gasteiger partial charge in [-0.2, -0.15) is 4.98 Å². The molecular weight excluding hydrogens is 254 g/mol. The summed E-state index contributed by atoms with van der Waals surface area (Å²) in [5.41, 5.74) is 5.78. The topological polar surface area (TPSA) is 74.2 Å². The van der Waals surface area contributed by atoms with E-state index in [0.717, 1.165) is 38.0 Å². The third-order valence-corrected chi connectivity index (χ3v) is 4.86. The second-order valence-corrected chi connectivity index (χ2v) is 6.25. The third kappa shape index (κ3) is 2.88. The zero-order valence-electron chi connectivity index (χ0n) is 13.1. The van der Waals surface area contributed by atoms with Gasteiger partial charge >= 0.3 is 0 Å². The van der Waals surface area contributed by atoms with E-state index < -0.39 is 0 Å². The number of nitrogens with two attached hydrogens (primary N) is 1. The Morgan fingerprint density at radius 2 is 2.10 bits per heavy atom. The summed E-state index contributed by atoms with van der Waals surface area (Å²) in [5.74, 6) is 2.27. The molecule has 0 amide bonds. The predicted molar refractivity (Wildman–Crippen MR) is 77.0 cm³/mol. The van der Waals surface area contributed by atoms with Gasteiger partial charge in [-0.05, 0) is 37.5 Å². The molecule has 2 rings (SSSR count). The molecule has 114 valence electrons. The molecule has 1 aromatic heterocycles. The summed E-state index contributed by atoms with van der Waals surface area (Å²) in [7, 11) is 1.74. The molecule has 1 fully saturated rings. The van der Waals surface area contributed by atoms with Crippen LogP contribution in [0.5, 0.6) is 0 Å². The molecule has 2 atom stereocenters. The number of ether oxygens (including phenoxy) is 1. The third-order valence-electron chi connectivity index (χ3n) is 4.86. The minimum absolute atomic E-state index is 0.197. The first-order valence-electron chi connectivity index (χ1n) is 7.67. The van der Waals surface area contributed by atoms with Crippen LogP contribution in [0.3, 0.4) is 0 Å². The highest BCUT2D eigenvalue weighted by atomic mass is 16.5. The summed E-state index contributed by atoms with van der Waals surface area (Å²) in [6.07, 6.45) is 5.15. The van der Waals surface area contributed by atoms with Gasteiger partial charge in [-0.25, -0.2) is 0 Å². The molecule has 5 heteroatoms. The Labute approximate surface area is 121 Å². The minimum atomic E-state index is -0.385. The molecule has 2 N–H and O–H groups in total. The van der Waals surface area contributed by atoms with Crippen molar-refractivity contribution in [2.75, 3.05) is 7.11 Å². The van der Waals surface area contributed by atoms with Crippen molar-refractivity contribution in [2.24, 2.45) is 17.6 Å². The second kappa shape index (κ2) is 6.22. The maximum Gasteiger partial charge on any atom is 0.243 e. The van der Waals surface area contributed by atoms with Crippen molar-refractivity contribution in [2.45, 2.75) is 64.5 Å². The number of nitrogens with zero attached hydrogens (tertiary/aromatic N) is 2. The zero-order valence-corrected chi connectivity index (χ0v) is 13.1. The average Bonchev–Trinajstić information content (AvgIpc) is 2.97. The van der Waals surface area contributed by atoms with Crippen molar-refractivity contribution in [1.82, 2.24) is 10.1 Å². The van der Waals surface area contributed by atoms with Gasteiger partial charge in [0.2, 0.25) is 11.7 Å². The maximum absolute atomic E-state index is 6.16. The Morgan fingerprint density at radius 1 is 1.45 bits per heavy atom. The first kappa shape index (κ1) is 15.4. The number of hydrogen-bond donors (Lipinski definition) is 1. The van der Waals surface area contributed by atoms with Gasteiger partial charge < -0.3 is 15.0 Å². The molecule has 1 aliphatic rings. The van der Waals surface area contributed by atoms with Crippen LogP contribution in [-0.2, 0) is 10.3 Å². The minimum Gasteiger partial charge on any atom is -0.370 e. The zero-order chi connectivity index (χ0) is 14.8. The van der Waals surface area contributed by atoms with Crippen LogP contribution in [0.1, 0.15) is 70.6 Å². The standard InChI is InChI=1S/C15H27N3O2/c1-5-11(3)12(16)13-17-14(18-20-13)15(19-4)8-6-10(2)7-9-15/h10-12H,5-9,16H2,1-4H3. The van der Waals surface area contributed by atoms with E-state index in [2.05, 4.69) is 30.9 Å². The van der Waals surface area contributed by atoms with Crippen LogP contribution in [0.4, 0.5) is 0 Å². The van der Waals surface area contributed by atoms with Gasteiger partial charge in [0, 0.05) is 7.11 Å². The van der Waals surface area contributed by atoms with E-state index in [0.29, 0.717) is 17.6 Å². The van der Waals surface area contributed by atoms with Gasteiger partial charge in [0.25, 0.3) is 0 Å². The van der Waals surface area contributed by atoms with E-state index in [9.17, 15) is 0 Å². The van der Waals surface area contributed by atoms with Gasteiger partial charge in [0.1, 0.15) is 5.60 Å². The lowest BCUT2D eigenvalue weighted by atomic mass is 9.79. The van der Waals surface area contributed by atoms with E-state index in [1.165, 1.54) is 0 Å². The van der Waals surface area contributed by atoms with Gasteiger partial charge in [-0.15, -0.1) is 0 Å². The van der Waals surface area contributed by atoms with Crippen LogP contribution < -0.4 is 5.73 Å². The van der Waals surface area contributed by atoms with Crippen LogP contribution in [0.2, 0.25) is 0 Å². The molecule has 0 aromatic carbocycles. The van der Waals surface area contributed by atoms with E-state index in [1.807, 2.05) is 0 Å². The maximum atomic E-state index is 6.16. The van der Waals surface area contributed by atoms with Crippen molar-refractivity contribution in [3.8, 4) is 0 Å². The predicted octanol–water partition coefficient (Wildman–Crippen LogP) is 3.17.